The molecule has 6 nitrogen and oxygen atoms in total. The van der Waals surface area contributed by atoms with E-state index in [0.29, 0.717) is 18.8 Å². The molecule has 0 amide bonds. The first-order valence-electron chi connectivity index (χ1n) is 5.99. The van der Waals surface area contributed by atoms with Crippen LogP contribution in [-0.2, 0) is 9.53 Å². The van der Waals surface area contributed by atoms with Gasteiger partial charge >= 0.3 is 5.97 Å². The molecule has 98 valence electrons. The normalized spacial score (nSPS) is 23.0. The van der Waals surface area contributed by atoms with E-state index in [-0.39, 0.29) is 6.10 Å². The maximum Gasteiger partial charge on any atom is 0.332 e. The molecule has 2 rings (SSSR count). The molecule has 2 N–H and O–H groups in total. The summed E-state index contributed by atoms with van der Waals surface area (Å²) in [5, 5.41) is 12.0. The fourth-order valence-electron chi connectivity index (χ4n) is 2.06. The minimum atomic E-state index is -0.883. The number of aryl methyl sites for hydroxylation is 2. The van der Waals surface area contributed by atoms with Crippen LogP contribution in [0.5, 0.6) is 0 Å². The third-order valence-corrected chi connectivity index (χ3v) is 2.86. The van der Waals surface area contributed by atoms with Crippen molar-refractivity contribution in [2.24, 2.45) is 0 Å². The second-order valence-corrected chi connectivity index (χ2v) is 4.49. The number of rotatable bonds is 4. The molecule has 1 fully saturated rings. The highest BCUT2D eigenvalue weighted by atomic mass is 16.5. The topological polar surface area (TPSA) is 84.3 Å². The fourth-order valence-corrected chi connectivity index (χ4v) is 2.06. The van der Waals surface area contributed by atoms with Crippen molar-refractivity contribution in [1.29, 1.82) is 0 Å². The van der Waals surface area contributed by atoms with Gasteiger partial charge in [0.15, 0.2) is 6.10 Å². The number of ether oxygens (including phenoxy) is 1. The van der Waals surface area contributed by atoms with Crippen molar-refractivity contribution < 1.29 is 14.6 Å². The van der Waals surface area contributed by atoms with Gasteiger partial charge < -0.3 is 15.2 Å². The number of carbonyl (C=O) groups is 1. The van der Waals surface area contributed by atoms with Gasteiger partial charge in [0.2, 0.25) is 0 Å². The van der Waals surface area contributed by atoms with Crippen molar-refractivity contribution in [2.75, 3.05) is 11.9 Å². The molecule has 1 aromatic rings. The highest BCUT2D eigenvalue weighted by Gasteiger charge is 2.30. The van der Waals surface area contributed by atoms with E-state index in [1.54, 1.807) is 0 Å². The van der Waals surface area contributed by atoms with Gasteiger partial charge in [-0.05, 0) is 26.7 Å². The lowest BCUT2D eigenvalue weighted by molar-refractivity contribution is -0.149. The average molecular weight is 251 g/mol. The molecule has 2 unspecified atom stereocenters. The molecule has 2 atom stereocenters. The molecule has 1 saturated heterocycles. The predicted molar refractivity (Wildman–Crippen MR) is 65.5 cm³/mol. The van der Waals surface area contributed by atoms with Gasteiger partial charge in [0.05, 0.1) is 6.10 Å². The molecule has 1 aliphatic rings. The summed E-state index contributed by atoms with van der Waals surface area (Å²) in [5.41, 5.74) is 0.903. The quantitative estimate of drug-likeness (QED) is 0.834. The number of anilines is 1. The molecule has 0 aromatic carbocycles. The van der Waals surface area contributed by atoms with E-state index in [2.05, 4.69) is 15.3 Å². The van der Waals surface area contributed by atoms with Crippen LogP contribution < -0.4 is 5.32 Å². The Morgan fingerprint density at radius 2 is 2.28 bits per heavy atom. The second-order valence-electron chi connectivity index (χ2n) is 4.49. The second kappa shape index (κ2) is 5.30. The Morgan fingerprint density at radius 1 is 1.50 bits per heavy atom. The van der Waals surface area contributed by atoms with E-state index in [0.717, 1.165) is 17.9 Å². The SMILES string of the molecule is Cc1cc(NCC2CCC(C(=O)O)O2)nc(C)n1. The number of carboxylic acids is 1. The molecule has 0 spiro atoms. The Labute approximate surface area is 105 Å². The molecule has 1 aliphatic heterocycles. The monoisotopic (exact) mass is 251 g/mol. The summed E-state index contributed by atoms with van der Waals surface area (Å²) in [6.07, 6.45) is 0.601. The average Bonchev–Trinajstić information content (AvgIpc) is 2.73. The van der Waals surface area contributed by atoms with Crippen molar-refractivity contribution in [3.8, 4) is 0 Å². The third-order valence-electron chi connectivity index (χ3n) is 2.86. The fraction of sp³-hybridized carbons (Fsp3) is 0.583. The molecule has 0 saturated carbocycles. The van der Waals surface area contributed by atoms with Crippen molar-refractivity contribution in [3.63, 3.8) is 0 Å². The van der Waals surface area contributed by atoms with Crippen LogP contribution in [0.25, 0.3) is 0 Å². The number of aromatic nitrogens is 2. The molecule has 6 heteroatoms. The summed E-state index contributed by atoms with van der Waals surface area (Å²) >= 11 is 0. The van der Waals surface area contributed by atoms with Crippen LogP contribution >= 0.6 is 0 Å². The van der Waals surface area contributed by atoms with Crippen molar-refractivity contribution in [3.05, 3.63) is 17.6 Å². The van der Waals surface area contributed by atoms with Gasteiger partial charge in [-0.2, -0.15) is 0 Å². The van der Waals surface area contributed by atoms with Crippen molar-refractivity contribution in [2.45, 2.75) is 38.9 Å². The van der Waals surface area contributed by atoms with Gasteiger partial charge in [0.1, 0.15) is 11.6 Å². The van der Waals surface area contributed by atoms with Crippen molar-refractivity contribution in [1.82, 2.24) is 9.97 Å². The predicted octanol–water partition coefficient (Wildman–Crippen LogP) is 1.14. The van der Waals surface area contributed by atoms with Crippen LogP contribution in [-0.4, -0.2) is 39.8 Å². The summed E-state index contributed by atoms with van der Waals surface area (Å²) in [6, 6.07) is 1.86. The van der Waals surface area contributed by atoms with E-state index in [4.69, 9.17) is 9.84 Å². The van der Waals surface area contributed by atoms with Gasteiger partial charge in [0, 0.05) is 18.3 Å². The lowest BCUT2D eigenvalue weighted by Gasteiger charge is -2.13. The molecule has 0 aliphatic carbocycles. The maximum atomic E-state index is 10.7. The summed E-state index contributed by atoms with van der Waals surface area (Å²) in [6.45, 7) is 4.32. The highest BCUT2D eigenvalue weighted by Crippen LogP contribution is 2.20. The molecule has 2 heterocycles. The minimum absolute atomic E-state index is 0.0679. The molecule has 0 radical (unpaired) electrons. The van der Waals surface area contributed by atoms with Crippen LogP contribution in [0.3, 0.4) is 0 Å². The van der Waals surface area contributed by atoms with E-state index in [1.807, 2.05) is 19.9 Å². The number of carboxylic acid groups (broad SMARTS) is 1. The summed E-state index contributed by atoms with van der Waals surface area (Å²) in [4.78, 5) is 19.2. The first-order valence-corrected chi connectivity index (χ1v) is 5.99. The van der Waals surface area contributed by atoms with Crippen LogP contribution in [0.2, 0.25) is 0 Å². The number of aliphatic carboxylic acids is 1. The number of nitrogens with one attached hydrogen (secondary N) is 1. The number of hydrogen-bond donors (Lipinski definition) is 2. The zero-order chi connectivity index (χ0) is 13.1. The molecule has 18 heavy (non-hydrogen) atoms. The minimum Gasteiger partial charge on any atom is -0.479 e. The Morgan fingerprint density at radius 3 is 2.89 bits per heavy atom. The van der Waals surface area contributed by atoms with Crippen molar-refractivity contribution >= 4 is 11.8 Å². The number of nitrogens with zero attached hydrogens (tertiary/aromatic N) is 2. The smallest absolute Gasteiger partial charge is 0.332 e. The van der Waals surface area contributed by atoms with Crippen LogP contribution in [0.15, 0.2) is 6.07 Å². The molecule has 0 bridgehead atoms. The zero-order valence-electron chi connectivity index (χ0n) is 10.5. The third kappa shape index (κ3) is 3.16. The van der Waals surface area contributed by atoms with E-state index in [9.17, 15) is 4.79 Å². The first kappa shape index (κ1) is 12.8. The highest BCUT2D eigenvalue weighted by molar-refractivity contribution is 5.72. The van der Waals surface area contributed by atoms with Crippen LogP contribution in [0.1, 0.15) is 24.4 Å². The van der Waals surface area contributed by atoms with E-state index < -0.39 is 12.1 Å². The summed E-state index contributed by atoms with van der Waals surface area (Å²) < 4.78 is 5.40. The van der Waals surface area contributed by atoms with Gasteiger partial charge in [0.25, 0.3) is 0 Å². The largest absolute Gasteiger partial charge is 0.479 e. The molecular weight excluding hydrogens is 234 g/mol. The maximum absolute atomic E-state index is 10.7. The Balaban J connectivity index is 1.87. The van der Waals surface area contributed by atoms with Crippen LogP contribution in [0.4, 0.5) is 5.82 Å². The summed E-state index contributed by atoms with van der Waals surface area (Å²) in [7, 11) is 0. The Kier molecular flexibility index (Phi) is 3.76. The lowest BCUT2D eigenvalue weighted by atomic mass is 10.2. The number of hydrogen-bond acceptors (Lipinski definition) is 5. The lowest BCUT2D eigenvalue weighted by Crippen LogP contribution is -2.24. The van der Waals surface area contributed by atoms with Crippen LogP contribution in [0, 0.1) is 13.8 Å². The van der Waals surface area contributed by atoms with Gasteiger partial charge in [-0.3, -0.25) is 0 Å². The zero-order valence-corrected chi connectivity index (χ0v) is 10.5. The van der Waals surface area contributed by atoms with Gasteiger partial charge in [-0.1, -0.05) is 0 Å². The molecular formula is C12H17N3O3. The van der Waals surface area contributed by atoms with Gasteiger partial charge in [-0.25, -0.2) is 14.8 Å². The molecule has 1 aromatic heterocycles. The Bertz CT molecular complexity index is 430. The standard InChI is InChI=1S/C12H17N3O3/c1-7-5-11(15-8(2)14-7)13-6-9-3-4-10(18-9)12(16)17/h5,9-10H,3-4,6H2,1-2H3,(H,16,17)(H,13,14,15). The summed E-state index contributed by atoms with van der Waals surface area (Å²) in [5.74, 6) is 0.585. The Hall–Kier alpha value is -1.69. The first-order chi connectivity index (χ1) is 8.54. The van der Waals surface area contributed by atoms with Gasteiger partial charge in [-0.15, -0.1) is 0 Å². The van der Waals surface area contributed by atoms with E-state index >= 15 is 0 Å². The van der Waals surface area contributed by atoms with E-state index in [1.165, 1.54) is 0 Å².